The van der Waals surface area contributed by atoms with Gasteiger partial charge in [-0.2, -0.15) is 11.8 Å². The van der Waals surface area contributed by atoms with Gasteiger partial charge in [-0.3, -0.25) is 0 Å². The van der Waals surface area contributed by atoms with E-state index < -0.39 is 12.1 Å². The Balaban J connectivity index is 2.05. The summed E-state index contributed by atoms with van der Waals surface area (Å²) in [4.78, 5) is 10.8. The van der Waals surface area contributed by atoms with Crippen LogP contribution in [0.2, 0.25) is 0 Å². The molecule has 0 aromatic carbocycles. The van der Waals surface area contributed by atoms with Crippen LogP contribution in [0.15, 0.2) is 0 Å². The van der Waals surface area contributed by atoms with Gasteiger partial charge in [-0.15, -0.1) is 0 Å². The van der Waals surface area contributed by atoms with Crippen molar-refractivity contribution in [2.45, 2.75) is 45.1 Å². The smallest absolute Gasteiger partial charge is 0.332 e. The third-order valence-corrected chi connectivity index (χ3v) is 4.23. The molecule has 4 heteroatoms. The summed E-state index contributed by atoms with van der Waals surface area (Å²) in [6.07, 6.45) is 5.49. The first-order valence-corrected chi connectivity index (χ1v) is 7.31. The average molecular weight is 246 g/mol. The van der Waals surface area contributed by atoms with Crippen LogP contribution in [0, 0.1) is 5.92 Å². The van der Waals surface area contributed by atoms with Gasteiger partial charge in [0.05, 0.1) is 0 Å². The Kier molecular flexibility index (Phi) is 6.88. The van der Waals surface area contributed by atoms with Crippen molar-refractivity contribution in [3.8, 4) is 0 Å². The van der Waals surface area contributed by atoms with E-state index in [-0.39, 0.29) is 0 Å². The zero-order valence-electron chi connectivity index (χ0n) is 9.98. The number of carbonyl (C=O) groups is 1. The summed E-state index contributed by atoms with van der Waals surface area (Å²) < 4.78 is 5.16. The van der Waals surface area contributed by atoms with Crippen LogP contribution < -0.4 is 0 Å². The molecule has 1 atom stereocenters. The van der Waals surface area contributed by atoms with Crippen molar-refractivity contribution in [2.24, 2.45) is 5.92 Å². The van der Waals surface area contributed by atoms with E-state index in [2.05, 4.69) is 0 Å². The summed E-state index contributed by atoms with van der Waals surface area (Å²) >= 11 is 1.88. The van der Waals surface area contributed by atoms with E-state index in [0.717, 1.165) is 11.7 Å². The Labute approximate surface area is 102 Å². The van der Waals surface area contributed by atoms with Gasteiger partial charge in [-0.05, 0) is 43.6 Å². The van der Waals surface area contributed by atoms with E-state index in [1.165, 1.54) is 31.4 Å². The molecule has 0 saturated heterocycles. The second-order valence-corrected chi connectivity index (χ2v) is 5.45. The van der Waals surface area contributed by atoms with Gasteiger partial charge in [0.15, 0.2) is 6.10 Å². The first-order valence-electron chi connectivity index (χ1n) is 6.16. The van der Waals surface area contributed by atoms with Gasteiger partial charge in [0.2, 0.25) is 0 Å². The molecule has 0 bridgehead atoms. The van der Waals surface area contributed by atoms with E-state index in [0.29, 0.717) is 13.0 Å². The maximum Gasteiger partial charge on any atom is 0.332 e. The number of hydrogen-bond acceptors (Lipinski definition) is 3. The normalized spacial score (nSPS) is 18.8. The highest BCUT2D eigenvalue weighted by molar-refractivity contribution is 7.99. The predicted molar refractivity (Wildman–Crippen MR) is 66.9 cm³/mol. The SMILES string of the molecule is CCOC(CCSCC1CCCC1)C(=O)O. The molecular weight excluding hydrogens is 224 g/mol. The fourth-order valence-electron chi connectivity index (χ4n) is 2.10. The maximum absolute atomic E-state index is 10.8. The van der Waals surface area contributed by atoms with Crippen LogP contribution in [-0.2, 0) is 9.53 Å². The van der Waals surface area contributed by atoms with Gasteiger partial charge in [-0.1, -0.05) is 12.8 Å². The number of carboxylic acid groups (broad SMARTS) is 1. The molecule has 0 spiro atoms. The summed E-state index contributed by atoms with van der Waals surface area (Å²) in [5, 5.41) is 8.88. The van der Waals surface area contributed by atoms with Gasteiger partial charge in [0.1, 0.15) is 0 Å². The van der Waals surface area contributed by atoms with E-state index in [4.69, 9.17) is 9.84 Å². The van der Waals surface area contributed by atoms with E-state index in [1.54, 1.807) is 0 Å². The molecule has 1 aliphatic rings. The predicted octanol–water partition coefficient (Wildman–Crippen LogP) is 2.79. The lowest BCUT2D eigenvalue weighted by atomic mass is 10.1. The fraction of sp³-hybridized carbons (Fsp3) is 0.917. The molecule has 1 N–H and O–H groups in total. The summed E-state index contributed by atoms with van der Waals surface area (Å²) in [5.41, 5.74) is 0. The van der Waals surface area contributed by atoms with Crippen molar-refractivity contribution in [1.29, 1.82) is 0 Å². The Morgan fingerprint density at radius 2 is 2.19 bits per heavy atom. The van der Waals surface area contributed by atoms with Crippen molar-refractivity contribution in [2.75, 3.05) is 18.1 Å². The number of carboxylic acids is 1. The van der Waals surface area contributed by atoms with E-state index >= 15 is 0 Å². The van der Waals surface area contributed by atoms with Crippen LogP contribution in [-0.4, -0.2) is 35.3 Å². The number of hydrogen-bond donors (Lipinski definition) is 1. The first-order chi connectivity index (χ1) is 7.74. The monoisotopic (exact) mass is 246 g/mol. The minimum absolute atomic E-state index is 0.476. The van der Waals surface area contributed by atoms with Crippen LogP contribution in [0.1, 0.15) is 39.0 Å². The number of aliphatic carboxylic acids is 1. The number of thioether (sulfide) groups is 1. The first kappa shape index (κ1) is 13.8. The van der Waals surface area contributed by atoms with Gasteiger partial charge in [0.25, 0.3) is 0 Å². The van der Waals surface area contributed by atoms with Gasteiger partial charge in [0, 0.05) is 6.61 Å². The highest BCUT2D eigenvalue weighted by Crippen LogP contribution is 2.28. The third-order valence-electron chi connectivity index (χ3n) is 3.00. The Morgan fingerprint density at radius 1 is 1.50 bits per heavy atom. The molecule has 0 heterocycles. The second-order valence-electron chi connectivity index (χ2n) is 4.30. The standard InChI is InChI=1S/C12H22O3S/c1-2-15-11(12(13)14)7-8-16-9-10-5-3-4-6-10/h10-11H,2-9H2,1H3,(H,13,14). The Bertz CT molecular complexity index is 202. The third kappa shape index (κ3) is 5.21. The number of ether oxygens (including phenoxy) is 1. The summed E-state index contributed by atoms with van der Waals surface area (Å²) in [6, 6.07) is 0. The van der Waals surface area contributed by atoms with Crippen molar-refractivity contribution < 1.29 is 14.6 Å². The van der Waals surface area contributed by atoms with Crippen molar-refractivity contribution in [3.63, 3.8) is 0 Å². The quantitative estimate of drug-likeness (QED) is 0.669. The van der Waals surface area contributed by atoms with Gasteiger partial charge < -0.3 is 9.84 Å². The lowest BCUT2D eigenvalue weighted by Crippen LogP contribution is -2.24. The largest absolute Gasteiger partial charge is 0.479 e. The zero-order valence-corrected chi connectivity index (χ0v) is 10.8. The van der Waals surface area contributed by atoms with Crippen molar-refractivity contribution >= 4 is 17.7 Å². The van der Waals surface area contributed by atoms with Gasteiger partial charge in [-0.25, -0.2) is 4.79 Å². The highest BCUT2D eigenvalue weighted by Gasteiger charge is 2.18. The molecule has 1 unspecified atom stereocenters. The molecule has 0 aromatic heterocycles. The topological polar surface area (TPSA) is 46.5 Å². The molecule has 1 saturated carbocycles. The molecule has 1 rings (SSSR count). The summed E-state index contributed by atoms with van der Waals surface area (Å²) in [7, 11) is 0. The number of rotatable bonds is 8. The van der Waals surface area contributed by atoms with E-state index in [1.807, 2.05) is 18.7 Å². The van der Waals surface area contributed by atoms with Crippen LogP contribution in [0.25, 0.3) is 0 Å². The zero-order chi connectivity index (χ0) is 11.8. The highest BCUT2D eigenvalue weighted by atomic mass is 32.2. The summed E-state index contributed by atoms with van der Waals surface area (Å²) in [5.74, 6) is 2.13. The van der Waals surface area contributed by atoms with Crippen LogP contribution in [0.5, 0.6) is 0 Å². The lowest BCUT2D eigenvalue weighted by Gasteiger charge is -2.13. The van der Waals surface area contributed by atoms with Crippen molar-refractivity contribution in [3.05, 3.63) is 0 Å². The molecule has 3 nitrogen and oxygen atoms in total. The minimum Gasteiger partial charge on any atom is -0.479 e. The molecule has 1 aliphatic carbocycles. The van der Waals surface area contributed by atoms with E-state index in [9.17, 15) is 4.79 Å². The van der Waals surface area contributed by atoms with Crippen LogP contribution >= 0.6 is 11.8 Å². The maximum atomic E-state index is 10.8. The molecule has 0 amide bonds. The Morgan fingerprint density at radius 3 is 2.75 bits per heavy atom. The molecule has 94 valence electrons. The second kappa shape index (κ2) is 7.96. The molecule has 0 aromatic rings. The van der Waals surface area contributed by atoms with Crippen LogP contribution in [0.3, 0.4) is 0 Å². The Hall–Kier alpha value is -0.220. The lowest BCUT2D eigenvalue weighted by molar-refractivity contribution is -0.150. The van der Waals surface area contributed by atoms with Crippen LogP contribution in [0.4, 0.5) is 0 Å². The fourth-order valence-corrected chi connectivity index (χ4v) is 3.31. The van der Waals surface area contributed by atoms with Gasteiger partial charge >= 0.3 is 5.97 Å². The molecule has 0 radical (unpaired) electrons. The minimum atomic E-state index is -0.830. The van der Waals surface area contributed by atoms with Crippen molar-refractivity contribution in [1.82, 2.24) is 0 Å². The molecule has 16 heavy (non-hydrogen) atoms. The molecule has 1 fully saturated rings. The summed E-state index contributed by atoms with van der Waals surface area (Å²) in [6.45, 7) is 2.31. The molecule has 0 aliphatic heterocycles. The molecular formula is C12H22O3S. The average Bonchev–Trinajstić information content (AvgIpc) is 2.75.